The molecule has 2 aromatic rings. The lowest BCUT2D eigenvalue weighted by molar-refractivity contribution is -0.915. The number of nitrogens with one attached hydrogen (secondary N) is 1. The molecule has 0 aromatic heterocycles. The van der Waals surface area contributed by atoms with Crippen molar-refractivity contribution in [1.29, 1.82) is 0 Å². The smallest absolute Gasteiger partial charge is 0.292 e. The molecule has 1 atom stereocenters. The molecule has 0 unspecified atom stereocenters. The molecule has 7 heteroatoms. The molecule has 2 aliphatic rings. The number of phenolic OH excluding ortho intramolecular Hbond substituents is 1. The monoisotopic (exact) mass is 386 g/mol. The first kappa shape index (κ1) is 17.8. The summed E-state index contributed by atoms with van der Waals surface area (Å²) in [6, 6.07) is 13.7. The largest absolute Gasteiger partial charge is 0.506 e. The predicted octanol–water partition coefficient (Wildman–Crippen LogP) is 1.08. The first-order valence-electron chi connectivity index (χ1n) is 9.04. The van der Waals surface area contributed by atoms with Gasteiger partial charge in [-0.15, -0.1) is 0 Å². The van der Waals surface area contributed by atoms with Gasteiger partial charge in [0.25, 0.3) is 5.91 Å². The summed E-state index contributed by atoms with van der Waals surface area (Å²) in [6.45, 7) is 2.92. The average Bonchev–Trinajstić information content (AvgIpc) is 2.96. The summed E-state index contributed by atoms with van der Waals surface area (Å²) in [4.78, 5) is 29.9. The van der Waals surface area contributed by atoms with Crippen LogP contribution in [0, 0.1) is 0 Å². The van der Waals surface area contributed by atoms with Gasteiger partial charge in [0.2, 0.25) is 5.91 Å². The van der Waals surface area contributed by atoms with Gasteiger partial charge in [0.15, 0.2) is 6.04 Å². The lowest BCUT2D eigenvalue weighted by Crippen LogP contribution is -3.19. The summed E-state index contributed by atoms with van der Waals surface area (Å²) in [5, 5.41) is 10.5. The quantitative estimate of drug-likeness (QED) is 0.775. The van der Waals surface area contributed by atoms with E-state index in [-0.39, 0.29) is 30.0 Å². The third-order valence-corrected chi connectivity index (χ3v) is 5.57. The fourth-order valence-electron chi connectivity index (χ4n) is 3.95. The van der Waals surface area contributed by atoms with Crippen LogP contribution in [0.15, 0.2) is 48.5 Å². The standard InChI is InChI=1S/C20H20ClN3O3/c21-14-4-3-5-15(12-14)24-19(26)13-17(20(24)27)23-10-8-22(9-11-23)16-6-1-2-7-18(16)25/h1-7,12,17,25H,8-11,13H2/p+1/t17-/m0/s1. The Bertz CT molecular complexity index is 880. The number of carbonyl (C=O) groups excluding carboxylic acids is 2. The molecule has 140 valence electrons. The van der Waals surface area contributed by atoms with Crippen molar-refractivity contribution < 1.29 is 19.6 Å². The normalized spacial score (nSPS) is 21.1. The number of benzene rings is 2. The maximum atomic E-state index is 12.9. The SMILES string of the molecule is O=C1C[C@H]([NH+]2CCN(c3ccccc3O)CC2)C(=O)N1c1cccc(Cl)c1. The van der Waals surface area contributed by atoms with Gasteiger partial charge in [-0.3, -0.25) is 9.59 Å². The first-order chi connectivity index (χ1) is 13.0. The van der Waals surface area contributed by atoms with Gasteiger partial charge < -0.3 is 14.9 Å². The predicted molar refractivity (Wildman–Crippen MR) is 103 cm³/mol. The van der Waals surface area contributed by atoms with Crippen LogP contribution in [-0.2, 0) is 9.59 Å². The highest BCUT2D eigenvalue weighted by Crippen LogP contribution is 2.27. The number of nitrogens with zero attached hydrogens (tertiary/aromatic N) is 2. The van der Waals surface area contributed by atoms with Crippen LogP contribution < -0.4 is 14.7 Å². The van der Waals surface area contributed by atoms with Crippen LogP contribution in [0.1, 0.15) is 6.42 Å². The Balaban J connectivity index is 1.45. The minimum atomic E-state index is -0.358. The van der Waals surface area contributed by atoms with E-state index in [2.05, 4.69) is 4.90 Å². The third-order valence-electron chi connectivity index (χ3n) is 5.33. The van der Waals surface area contributed by atoms with E-state index in [9.17, 15) is 14.7 Å². The number of halogens is 1. The molecule has 2 aliphatic heterocycles. The molecule has 4 rings (SSSR count). The maximum Gasteiger partial charge on any atom is 0.292 e. The summed E-state index contributed by atoms with van der Waals surface area (Å²) in [5.41, 5.74) is 1.35. The second kappa shape index (κ2) is 7.21. The number of carbonyl (C=O) groups is 2. The van der Waals surface area contributed by atoms with Crippen LogP contribution in [0.3, 0.4) is 0 Å². The Morgan fingerprint density at radius 1 is 1.04 bits per heavy atom. The molecular formula is C20H21ClN3O3+. The number of imide groups is 1. The van der Waals surface area contributed by atoms with Crippen LogP contribution in [0.2, 0.25) is 5.02 Å². The number of hydrogen-bond donors (Lipinski definition) is 2. The van der Waals surface area contributed by atoms with E-state index >= 15 is 0 Å². The Morgan fingerprint density at radius 3 is 2.48 bits per heavy atom. The number of quaternary nitrogens is 1. The summed E-state index contributed by atoms with van der Waals surface area (Å²) in [5.74, 6) is -0.0728. The zero-order valence-corrected chi connectivity index (χ0v) is 15.5. The molecule has 2 fully saturated rings. The van der Waals surface area contributed by atoms with E-state index in [0.29, 0.717) is 10.7 Å². The number of hydrogen-bond acceptors (Lipinski definition) is 4. The Morgan fingerprint density at radius 2 is 1.78 bits per heavy atom. The van der Waals surface area contributed by atoms with Gasteiger partial charge in [-0.05, 0) is 30.3 Å². The van der Waals surface area contributed by atoms with Crippen molar-refractivity contribution in [2.24, 2.45) is 0 Å². The van der Waals surface area contributed by atoms with Gasteiger partial charge in [-0.25, -0.2) is 4.90 Å². The summed E-state index contributed by atoms with van der Waals surface area (Å²) in [7, 11) is 0. The Labute approximate surface area is 162 Å². The third kappa shape index (κ3) is 3.38. The maximum absolute atomic E-state index is 12.9. The molecule has 0 aliphatic carbocycles. The van der Waals surface area contributed by atoms with Gasteiger partial charge in [-0.2, -0.15) is 0 Å². The molecule has 2 saturated heterocycles. The zero-order valence-electron chi connectivity index (χ0n) is 14.8. The van der Waals surface area contributed by atoms with Crippen molar-refractivity contribution in [3.63, 3.8) is 0 Å². The van der Waals surface area contributed by atoms with E-state index < -0.39 is 0 Å². The van der Waals surface area contributed by atoms with Crippen molar-refractivity contribution in [3.05, 3.63) is 53.6 Å². The minimum absolute atomic E-state index is 0.159. The second-order valence-corrected chi connectivity index (χ2v) is 7.37. The van der Waals surface area contributed by atoms with Crippen molar-refractivity contribution in [2.75, 3.05) is 36.0 Å². The van der Waals surface area contributed by atoms with Crippen molar-refractivity contribution in [3.8, 4) is 5.75 Å². The molecular weight excluding hydrogens is 366 g/mol. The highest BCUT2D eigenvalue weighted by molar-refractivity contribution is 6.31. The highest BCUT2D eigenvalue weighted by Gasteiger charge is 2.46. The summed E-state index contributed by atoms with van der Waals surface area (Å²) >= 11 is 6.01. The van der Waals surface area contributed by atoms with Crippen LogP contribution in [0.5, 0.6) is 5.75 Å². The topological polar surface area (TPSA) is 65.3 Å². The number of anilines is 2. The molecule has 2 N–H and O–H groups in total. The van der Waals surface area contributed by atoms with E-state index in [1.165, 1.54) is 4.90 Å². The van der Waals surface area contributed by atoms with E-state index in [1.54, 1.807) is 36.4 Å². The van der Waals surface area contributed by atoms with Crippen molar-refractivity contribution in [2.45, 2.75) is 12.5 Å². The Kier molecular flexibility index (Phi) is 4.76. The molecule has 27 heavy (non-hydrogen) atoms. The fraction of sp³-hybridized carbons (Fsp3) is 0.300. The van der Waals surface area contributed by atoms with Crippen LogP contribution >= 0.6 is 11.6 Å². The number of para-hydroxylation sites is 2. The van der Waals surface area contributed by atoms with Crippen LogP contribution in [-0.4, -0.2) is 49.1 Å². The number of phenols is 1. The number of piperazine rings is 1. The molecule has 6 nitrogen and oxygen atoms in total. The molecule has 0 radical (unpaired) electrons. The number of rotatable bonds is 3. The number of aromatic hydroxyl groups is 1. The molecule has 0 bridgehead atoms. The zero-order chi connectivity index (χ0) is 19.0. The van der Waals surface area contributed by atoms with E-state index in [4.69, 9.17) is 11.6 Å². The molecule has 2 heterocycles. The summed E-state index contributed by atoms with van der Waals surface area (Å²) < 4.78 is 0. The van der Waals surface area contributed by atoms with Crippen molar-refractivity contribution in [1.82, 2.24) is 0 Å². The first-order valence-corrected chi connectivity index (χ1v) is 9.42. The molecule has 2 aromatic carbocycles. The van der Waals surface area contributed by atoms with E-state index in [1.807, 2.05) is 12.1 Å². The highest BCUT2D eigenvalue weighted by atomic mass is 35.5. The van der Waals surface area contributed by atoms with Crippen LogP contribution in [0.25, 0.3) is 0 Å². The average molecular weight is 387 g/mol. The number of amides is 2. The van der Waals surface area contributed by atoms with Gasteiger partial charge in [-0.1, -0.05) is 29.8 Å². The molecule has 0 saturated carbocycles. The minimum Gasteiger partial charge on any atom is -0.506 e. The Hall–Kier alpha value is -2.57. The van der Waals surface area contributed by atoms with Gasteiger partial charge >= 0.3 is 0 Å². The van der Waals surface area contributed by atoms with Gasteiger partial charge in [0.1, 0.15) is 5.75 Å². The molecule has 0 spiro atoms. The van der Waals surface area contributed by atoms with Gasteiger partial charge in [0.05, 0.1) is 44.0 Å². The molecule has 2 amide bonds. The van der Waals surface area contributed by atoms with Gasteiger partial charge in [0, 0.05) is 5.02 Å². The van der Waals surface area contributed by atoms with Crippen molar-refractivity contribution >= 4 is 34.8 Å². The lowest BCUT2D eigenvalue weighted by atomic mass is 10.1. The van der Waals surface area contributed by atoms with Crippen LogP contribution in [0.4, 0.5) is 11.4 Å². The summed E-state index contributed by atoms with van der Waals surface area (Å²) in [6.07, 6.45) is 0.220. The van der Waals surface area contributed by atoms with E-state index in [0.717, 1.165) is 36.8 Å². The lowest BCUT2D eigenvalue weighted by Gasteiger charge is -2.35. The second-order valence-electron chi connectivity index (χ2n) is 6.94. The fourth-order valence-corrected chi connectivity index (χ4v) is 4.14.